The Morgan fingerprint density at radius 1 is 1.24 bits per heavy atom. The van der Waals surface area contributed by atoms with E-state index in [9.17, 15) is 9.59 Å². The number of rotatable bonds is 2. The van der Waals surface area contributed by atoms with Crippen molar-refractivity contribution in [1.29, 1.82) is 0 Å². The second-order valence-corrected chi connectivity index (χ2v) is 6.72. The highest BCUT2D eigenvalue weighted by molar-refractivity contribution is 7.59. The first-order chi connectivity index (χ1) is 11.6. The van der Waals surface area contributed by atoms with Crippen LogP contribution in [0.1, 0.15) is 54.9 Å². The minimum absolute atomic E-state index is 0. The number of hydrogen-bond donors (Lipinski definition) is 2. The molecule has 1 saturated carbocycles. The average molecular weight is 366 g/mol. The smallest absolute Gasteiger partial charge is 0.274 e. The monoisotopic (exact) mass is 366 g/mol. The summed E-state index contributed by atoms with van der Waals surface area (Å²) in [5.74, 6) is 0.369. The molecule has 1 aliphatic carbocycles. The Labute approximate surface area is 154 Å². The van der Waals surface area contributed by atoms with Crippen molar-refractivity contribution in [3.05, 3.63) is 29.3 Å². The van der Waals surface area contributed by atoms with Crippen LogP contribution >= 0.6 is 13.5 Å². The molecule has 0 saturated heterocycles. The molecule has 0 bridgehead atoms. The van der Waals surface area contributed by atoms with E-state index < -0.39 is 5.91 Å². The highest BCUT2D eigenvalue weighted by Gasteiger charge is 2.31. The molecule has 1 aliphatic heterocycles. The van der Waals surface area contributed by atoms with Gasteiger partial charge in [-0.05, 0) is 31.9 Å². The van der Waals surface area contributed by atoms with Crippen LogP contribution in [0.15, 0.2) is 18.2 Å². The minimum atomic E-state index is -0.575. The predicted molar refractivity (Wildman–Crippen MR) is 98.2 cm³/mol. The molecular weight excluding hydrogens is 340 g/mol. The molecule has 3 rings (SSSR count). The number of benzene rings is 1. The fraction of sp³-hybridized carbons (Fsp3) is 0.556. The standard InChI is InChI=1S/C18H24N2O4.H2S/c1-12-11-24-16-9-14(17(21)19-23)7-8-15(16)10-20(12)18(22)13-5-3-2-4-6-13;/h7-9,12-13,23H,2-6,10-11H2,1H3,(H,19,21);1H2/t12-;/m0./s1. The molecule has 2 N–H and O–H groups in total. The quantitative estimate of drug-likeness (QED) is 0.623. The summed E-state index contributed by atoms with van der Waals surface area (Å²) in [5, 5.41) is 8.76. The summed E-state index contributed by atoms with van der Waals surface area (Å²) in [5.41, 5.74) is 2.84. The summed E-state index contributed by atoms with van der Waals surface area (Å²) in [6, 6.07) is 5.02. The van der Waals surface area contributed by atoms with Crippen molar-refractivity contribution in [1.82, 2.24) is 10.4 Å². The van der Waals surface area contributed by atoms with Crippen LogP contribution in [-0.4, -0.2) is 34.6 Å². The maximum absolute atomic E-state index is 12.9. The SMILES string of the molecule is C[C@H]1COc2cc(C(=O)NO)ccc2CN1C(=O)C1CCCCC1.S. The summed E-state index contributed by atoms with van der Waals surface area (Å²) in [4.78, 5) is 26.4. The molecule has 25 heavy (non-hydrogen) atoms. The molecule has 6 nitrogen and oxygen atoms in total. The van der Waals surface area contributed by atoms with Crippen LogP contribution in [0, 0.1) is 5.92 Å². The highest BCUT2D eigenvalue weighted by atomic mass is 32.1. The van der Waals surface area contributed by atoms with Crippen molar-refractivity contribution in [2.45, 2.75) is 51.6 Å². The van der Waals surface area contributed by atoms with E-state index in [1.165, 1.54) is 6.42 Å². The van der Waals surface area contributed by atoms with Gasteiger partial charge in [0.15, 0.2) is 0 Å². The third-order valence-corrected chi connectivity index (χ3v) is 5.02. The van der Waals surface area contributed by atoms with Crippen molar-refractivity contribution >= 4 is 25.3 Å². The van der Waals surface area contributed by atoms with Gasteiger partial charge in [0.1, 0.15) is 12.4 Å². The average Bonchev–Trinajstić information content (AvgIpc) is 2.80. The first-order valence-corrected chi connectivity index (χ1v) is 8.61. The van der Waals surface area contributed by atoms with Gasteiger partial charge in [-0.2, -0.15) is 13.5 Å². The number of hydrogen-bond acceptors (Lipinski definition) is 4. The Kier molecular flexibility index (Phi) is 6.72. The van der Waals surface area contributed by atoms with E-state index in [2.05, 4.69) is 0 Å². The predicted octanol–water partition coefficient (Wildman–Crippen LogP) is 2.61. The first kappa shape index (κ1) is 19.6. The summed E-state index contributed by atoms with van der Waals surface area (Å²) in [6.07, 6.45) is 5.44. The maximum atomic E-state index is 12.9. The lowest BCUT2D eigenvalue weighted by molar-refractivity contribution is -0.139. The highest BCUT2D eigenvalue weighted by Crippen LogP contribution is 2.30. The molecular formula is C18H26N2O4S. The van der Waals surface area contributed by atoms with Gasteiger partial charge in [0, 0.05) is 23.6 Å². The van der Waals surface area contributed by atoms with E-state index in [1.807, 2.05) is 11.8 Å². The molecule has 1 heterocycles. The Morgan fingerprint density at radius 3 is 2.64 bits per heavy atom. The van der Waals surface area contributed by atoms with Crippen molar-refractivity contribution < 1.29 is 19.5 Å². The molecule has 138 valence electrons. The maximum Gasteiger partial charge on any atom is 0.274 e. The van der Waals surface area contributed by atoms with Gasteiger partial charge >= 0.3 is 0 Å². The molecule has 1 aromatic rings. The fourth-order valence-corrected chi connectivity index (χ4v) is 3.54. The van der Waals surface area contributed by atoms with Gasteiger partial charge in [-0.15, -0.1) is 0 Å². The van der Waals surface area contributed by atoms with Crippen LogP contribution in [0.3, 0.4) is 0 Å². The zero-order valence-corrected chi connectivity index (χ0v) is 15.5. The molecule has 7 heteroatoms. The summed E-state index contributed by atoms with van der Waals surface area (Å²) >= 11 is 0. The third-order valence-electron chi connectivity index (χ3n) is 5.02. The molecule has 0 aromatic heterocycles. The van der Waals surface area contributed by atoms with Crippen LogP contribution in [0.2, 0.25) is 0 Å². The zero-order chi connectivity index (χ0) is 17.1. The van der Waals surface area contributed by atoms with Crippen LogP contribution in [0.25, 0.3) is 0 Å². The second-order valence-electron chi connectivity index (χ2n) is 6.72. The van der Waals surface area contributed by atoms with Crippen molar-refractivity contribution in [3.8, 4) is 5.75 Å². The van der Waals surface area contributed by atoms with Gasteiger partial charge in [0.25, 0.3) is 5.91 Å². The van der Waals surface area contributed by atoms with E-state index in [-0.39, 0.29) is 31.4 Å². The van der Waals surface area contributed by atoms with E-state index in [0.717, 1.165) is 31.2 Å². The van der Waals surface area contributed by atoms with Crippen molar-refractivity contribution in [2.24, 2.45) is 5.92 Å². The fourth-order valence-electron chi connectivity index (χ4n) is 3.54. The Morgan fingerprint density at radius 2 is 1.96 bits per heavy atom. The summed E-state index contributed by atoms with van der Waals surface area (Å²) < 4.78 is 5.81. The molecule has 1 aromatic carbocycles. The molecule has 1 fully saturated rings. The zero-order valence-electron chi connectivity index (χ0n) is 14.5. The van der Waals surface area contributed by atoms with Crippen LogP contribution in [0.5, 0.6) is 5.75 Å². The number of carbonyl (C=O) groups is 2. The lowest BCUT2D eigenvalue weighted by atomic mass is 9.88. The topological polar surface area (TPSA) is 78.9 Å². The Hall–Kier alpha value is -1.73. The molecule has 0 spiro atoms. The van der Waals surface area contributed by atoms with Crippen LogP contribution in [-0.2, 0) is 11.3 Å². The van der Waals surface area contributed by atoms with E-state index in [4.69, 9.17) is 9.94 Å². The summed E-state index contributed by atoms with van der Waals surface area (Å²) in [7, 11) is 0. The molecule has 1 atom stereocenters. The molecule has 0 radical (unpaired) electrons. The van der Waals surface area contributed by atoms with Crippen LogP contribution in [0.4, 0.5) is 0 Å². The minimum Gasteiger partial charge on any atom is -0.491 e. The molecule has 2 aliphatic rings. The number of nitrogens with zero attached hydrogens (tertiary/aromatic N) is 1. The van der Waals surface area contributed by atoms with Crippen LogP contribution < -0.4 is 10.2 Å². The van der Waals surface area contributed by atoms with E-state index in [1.54, 1.807) is 23.7 Å². The number of ether oxygens (including phenoxy) is 1. The Balaban J connectivity index is 0.00000225. The number of hydroxylamine groups is 1. The van der Waals surface area contributed by atoms with E-state index >= 15 is 0 Å². The second kappa shape index (κ2) is 8.58. The molecule has 2 amide bonds. The lowest BCUT2D eigenvalue weighted by Gasteiger charge is -2.32. The van der Waals surface area contributed by atoms with Gasteiger partial charge < -0.3 is 9.64 Å². The normalized spacial score (nSPS) is 20.6. The largest absolute Gasteiger partial charge is 0.491 e. The summed E-state index contributed by atoms with van der Waals surface area (Å²) in [6.45, 7) is 2.89. The number of nitrogens with one attached hydrogen (secondary N) is 1. The Bertz CT molecular complexity index is 632. The van der Waals surface area contributed by atoms with Crippen molar-refractivity contribution in [3.63, 3.8) is 0 Å². The van der Waals surface area contributed by atoms with E-state index in [0.29, 0.717) is 24.5 Å². The van der Waals surface area contributed by atoms with Gasteiger partial charge in [-0.25, -0.2) is 5.48 Å². The number of amides is 2. The van der Waals surface area contributed by atoms with Gasteiger partial charge in [0.2, 0.25) is 5.91 Å². The lowest BCUT2D eigenvalue weighted by Crippen LogP contribution is -2.43. The number of fused-ring (bicyclic) bond motifs is 1. The third kappa shape index (κ3) is 4.27. The van der Waals surface area contributed by atoms with Crippen molar-refractivity contribution in [2.75, 3.05) is 6.61 Å². The first-order valence-electron chi connectivity index (χ1n) is 8.61. The van der Waals surface area contributed by atoms with Gasteiger partial charge in [0.05, 0.1) is 6.04 Å². The van der Waals surface area contributed by atoms with Gasteiger partial charge in [-0.1, -0.05) is 25.3 Å². The number of carbonyl (C=O) groups excluding carboxylic acids is 2. The van der Waals surface area contributed by atoms with Gasteiger partial charge in [-0.3, -0.25) is 14.8 Å². The molecule has 0 unspecified atom stereocenters.